The number of anilines is 2. The van der Waals surface area contributed by atoms with Gasteiger partial charge in [-0.05, 0) is 42.8 Å². The molecule has 1 aliphatic carbocycles. The lowest BCUT2D eigenvalue weighted by Crippen LogP contribution is -2.50. The van der Waals surface area contributed by atoms with Crippen molar-refractivity contribution in [1.82, 2.24) is 0 Å². The summed E-state index contributed by atoms with van der Waals surface area (Å²) in [4.78, 5) is 42.2. The summed E-state index contributed by atoms with van der Waals surface area (Å²) in [6.07, 6.45) is 1.63. The molecule has 0 bridgehead atoms. The summed E-state index contributed by atoms with van der Waals surface area (Å²) in [5.74, 6) is -4.99. The maximum Gasteiger partial charge on any atom is 0.313 e. The molecule has 6 rings (SSSR count). The summed E-state index contributed by atoms with van der Waals surface area (Å²) in [5, 5.41) is 0. The van der Waals surface area contributed by atoms with Gasteiger partial charge in [-0.25, -0.2) is 13.3 Å². The lowest BCUT2D eigenvalue weighted by atomic mass is 9.71. The van der Waals surface area contributed by atoms with E-state index in [1.54, 1.807) is 85.8 Å². The van der Waals surface area contributed by atoms with E-state index in [0.717, 1.165) is 4.90 Å². The highest BCUT2D eigenvalue weighted by molar-refractivity contribution is 7.93. The topological polar surface area (TPSA) is 101 Å². The Hall–Kier alpha value is -4.24. The van der Waals surface area contributed by atoms with Gasteiger partial charge in [0.25, 0.3) is 10.0 Å². The SMILES string of the molecule is CCOC(=O)[C@H]1C=C2c3ccccc3N(S(=O)(=O)c3ccccc3)[C@H]2[C@H]2C(=O)N(c3ccccc3)C(=O)[C@H]21. The zero-order valence-corrected chi connectivity index (χ0v) is 21.2. The first-order chi connectivity index (χ1) is 18.4. The van der Waals surface area contributed by atoms with Gasteiger partial charge in [-0.3, -0.25) is 18.7 Å². The molecule has 3 aromatic carbocycles. The van der Waals surface area contributed by atoms with Crippen LogP contribution in [0.25, 0.3) is 5.57 Å². The lowest BCUT2D eigenvalue weighted by molar-refractivity contribution is -0.150. The zero-order valence-electron chi connectivity index (χ0n) is 20.4. The molecular formula is C29H24N2O6S. The molecule has 3 aromatic rings. The van der Waals surface area contributed by atoms with E-state index in [-0.39, 0.29) is 11.5 Å². The van der Waals surface area contributed by atoms with Gasteiger partial charge in [0.15, 0.2) is 0 Å². The Balaban J connectivity index is 1.58. The summed E-state index contributed by atoms with van der Waals surface area (Å²) in [6.45, 7) is 1.78. The number of rotatable bonds is 5. The standard InChI is InChI=1S/C29H24N2O6S/c1-2-37-29(34)22-17-21-20-15-9-10-16-23(20)31(38(35,36)19-13-7-4-8-14-19)26(21)25-24(22)27(32)30(28(25)33)18-11-5-3-6-12-18/h3-17,22,24-26H,2H2,1H3/t22-,24-,25-,26+/m0/s1. The summed E-state index contributed by atoms with van der Waals surface area (Å²) < 4.78 is 34.8. The molecule has 0 aromatic heterocycles. The number of imide groups is 1. The van der Waals surface area contributed by atoms with E-state index in [0.29, 0.717) is 22.5 Å². The van der Waals surface area contributed by atoms with E-state index in [4.69, 9.17) is 4.74 Å². The minimum Gasteiger partial charge on any atom is -0.466 e. The largest absolute Gasteiger partial charge is 0.466 e. The van der Waals surface area contributed by atoms with Gasteiger partial charge in [0, 0.05) is 5.56 Å². The smallest absolute Gasteiger partial charge is 0.313 e. The minimum atomic E-state index is -4.14. The van der Waals surface area contributed by atoms with Gasteiger partial charge in [-0.15, -0.1) is 0 Å². The quantitative estimate of drug-likeness (QED) is 0.370. The highest BCUT2D eigenvalue weighted by Crippen LogP contribution is 2.54. The molecule has 0 N–H and O–H groups in total. The molecule has 0 unspecified atom stereocenters. The van der Waals surface area contributed by atoms with Gasteiger partial charge < -0.3 is 4.74 Å². The molecular weight excluding hydrogens is 504 g/mol. The molecule has 0 saturated carbocycles. The van der Waals surface area contributed by atoms with Crippen LogP contribution < -0.4 is 9.21 Å². The lowest BCUT2D eigenvalue weighted by Gasteiger charge is -2.36. The van der Waals surface area contributed by atoms with E-state index < -0.39 is 51.6 Å². The van der Waals surface area contributed by atoms with Gasteiger partial charge >= 0.3 is 5.97 Å². The van der Waals surface area contributed by atoms with Crippen molar-refractivity contribution in [2.75, 3.05) is 15.8 Å². The second kappa shape index (κ2) is 8.95. The number of hydrogen-bond donors (Lipinski definition) is 0. The van der Waals surface area contributed by atoms with E-state index >= 15 is 0 Å². The van der Waals surface area contributed by atoms with E-state index in [2.05, 4.69) is 0 Å². The number of ether oxygens (including phenoxy) is 1. The Morgan fingerprint density at radius 1 is 0.842 bits per heavy atom. The molecule has 3 aliphatic rings. The van der Waals surface area contributed by atoms with Crippen LogP contribution in [-0.2, 0) is 29.1 Å². The van der Waals surface area contributed by atoms with Gasteiger partial charge in [0.2, 0.25) is 11.8 Å². The third-order valence-corrected chi connectivity index (χ3v) is 9.19. The summed E-state index contributed by atoms with van der Waals surface area (Å²) in [6, 6.07) is 22.4. The third kappa shape index (κ3) is 3.42. The van der Waals surface area contributed by atoms with Gasteiger partial charge in [0.05, 0.1) is 46.7 Å². The second-order valence-electron chi connectivity index (χ2n) is 9.37. The summed E-state index contributed by atoms with van der Waals surface area (Å²) in [5.41, 5.74) is 1.89. The van der Waals surface area contributed by atoms with Crippen molar-refractivity contribution in [1.29, 1.82) is 0 Å². The van der Waals surface area contributed by atoms with Crippen molar-refractivity contribution in [2.45, 2.75) is 17.9 Å². The summed E-state index contributed by atoms with van der Waals surface area (Å²) in [7, 11) is -4.14. The van der Waals surface area contributed by atoms with Crippen LogP contribution in [0.3, 0.4) is 0 Å². The summed E-state index contributed by atoms with van der Waals surface area (Å²) >= 11 is 0. The number of amides is 2. The number of hydrogen-bond acceptors (Lipinski definition) is 6. The minimum absolute atomic E-state index is 0.0665. The van der Waals surface area contributed by atoms with E-state index in [1.165, 1.54) is 16.4 Å². The van der Waals surface area contributed by atoms with Crippen LogP contribution in [0, 0.1) is 17.8 Å². The Morgan fingerprint density at radius 2 is 1.45 bits per heavy atom. The highest BCUT2D eigenvalue weighted by Gasteiger charge is 2.63. The molecule has 1 saturated heterocycles. The average Bonchev–Trinajstić information content (AvgIpc) is 3.41. The third-order valence-electron chi connectivity index (χ3n) is 7.38. The first-order valence-corrected chi connectivity index (χ1v) is 13.8. The predicted molar refractivity (Wildman–Crippen MR) is 140 cm³/mol. The Kier molecular flexibility index (Phi) is 5.68. The fourth-order valence-electron chi connectivity index (χ4n) is 5.86. The molecule has 9 heteroatoms. The first kappa shape index (κ1) is 24.1. The number of carbonyl (C=O) groups is 3. The van der Waals surface area contributed by atoms with Crippen molar-refractivity contribution in [3.8, 4) is 0 Å². The number of sulfonamides is 1. The number of nitrogens with zero attached hydrogens (tertiary/aromatic N) is 2. The van der Waals surface area contributed by atoms with Crippen molar-refractivity contribution in [3.05, 3.63) is 96.6 Å². The maximum absolute atomic E-state index is 14.1. The number of carbonyl (C=O) groups excluding carboxylic acids is 3. The van der Waals surface area contributed by atoms with Crippen LogP contribution in [0.4, 0.5) is 11.4 Å². The Bertz CT molecular complexity index is 1590. The Labute approximate surface area is 220 Å². The number of benzene rings is 3. The molecule has 1 fully saturated rings. The van der Waals surface area contributed by atoms with Crippen molar-refractivity contribution in [3.63, 3.8) is 0 Å². The van der Waals surface area contributed by atoms with Crippen LogP contribution in [0.5, 0.6) is 0 Å². The second-order valence-corrected chi connectivity index (χ2v) is 11.2. The Morgan fingerprint density at radius 3 is 2.13 bits per heavy atom. The predicted octanol–water partition coefficient (Wildman–Crippen LogP) is 3.65. The maximum atomic E-state index is 14.1. The molecule has 0 spiro atoms. The van der Waals surface area contributed by atoms with Crippen LogP contribution >= 0.6 is 0 Å². The van der Waals surface area contributed by atoms with Crippen LogP contribution in [0.15, 0.2) is 95.9 Å². The molecule has 192 valence electrons. The highest BCUT2D eigenvalue weighted by atomic mass is 32.2. The zero-order chi connectivity index (χ0) is 26.6. The normalized spacial score (nSPS) is 24.0. The molecule has 0 radical (unpaired) electrons. The molecule has 4 atom stereocenters. The van der Waals surface area contributed by atoms with Crippen LogP contribution in [-0.4, -0.2) is 38.9 Å². The van der Waals surface area contributed by atoms with Crippen molar-refractivity contribution >= 4 is 44.8 Å². The molecule has 2 amide bonds. The van der Waals surface area contributed by atoms with Crippen LogP contribution in [0.2, 0.25) is 0 Å². The van der Waals surface area contributed by atoms with Gasteiger partial charge in [0.1, 0.15) is 0 Å². The molecule has 8 nitrogen and oxygen atoms in total. The van der Waals surface area contributed by atoms with E-state index in [9.17, 15) is 22.8 Å². The van der Waals surface area contributed by atoms with Crippen LogP contribution in [0.1, 0.15) is 12.5 Å². The molecule has 2 heterocycles. The molecule has 2 aliphatic heterocycles. The molecule has 38 heavy (non-hydrogen) atoms. The fourth-order valence-corrected chi connectivity index (χ4v) is 7.55. The fraction of sp³-hybridized carbons (Fsp3) is 0.207. The van der Waals surface area contributed by atoms with Gasteiger partial charge in [-0.2, -0.15) is 0 Å². The van der Waals surface area contributed by atoms with Gasteiger partial charge in [-0.1, -0.05) is 60.7 Å². The number of fused-ring (bicyclic) bond motifs is 5. The average molecular weight is 529 g/mol. The van der Waals surface area contributed by atoms with E-state index in [1.807, 2.05) is 0 Å². The number of para-hydroxylation sites is 2. The van der Waals surface area contributed by atoms with Crippen molar-refractivity contribution in [2.24, 2.45) is 17.8 Å². The monoisotopic (exact) mass is 528 g/mol. The van der Waals surface area contributed by atoms with Crippen molar-refractivity contribution < 1.29 is 27.5 Å². The first-order valence-electron chi connectivity index (χ1n) is 12.4. The number of esters is 1.